The molecule has 0 radical (unpaired) electrons. The van der Waals surface area contributed by atoms with Gasteiger partial charge in [0.2, 0.25) is 0 Å². The molecular weight excluding hydrogens is 212 g/mol. The molecule has 1 aliphatic rings. The van der Waals surface area contributed by atoms with E-state index in [9.17, 15) is 0 Å². The first-order valence-electron chi connectivity index (χ1n) is 6.55. The van der Waals surface area contributed by atoms with Gasteiger partial charge in [0, 0.05) is 31.4 Å². The predicted molar refractivity (Wildman–Crippen MR) is 69.8 cm³/mol. The van der Waals surface area contributed by atoms with E-state index in [1.54, 1.807) is 0 Å². The number of nitrogens with two attached hydrogens (primary N) is 1. The van der Waals surface area contributed by atoms with E-state index < -0.39 is 0 Å². The zero-order chi connectivity index (χ0) is 12.4. The smallest absolute Gasteiger partial charge is 0.0641 e. The molecule has 96 valence electrons. The molecule has 17 heavy (non-hydrogen) atoms. The van der Waals surface area contributed by atoms with Crippen molar-refractivity contribution in [3.8, 4) is 0 Å². The molecule has 1 aromatic heterocycles. The largest absolute Gasteiger partial charge is 0.329 e. The minimum absolute atomic E-state index is 0.312. The Hall–Kier alpha value is -0.870. The monoisotopic (exact) mass is 236 g/mol. The highest BCUT2D eigenvalue weighted by Gasteiger charge is 2.27. The summed E-state index contributed by atoms with van der Waals surface area (Å²) < 4.78 is 1.88. The Morgan fingerprint density at radius 2 is 2.18 bits per heavy atom. The Balaban J connectivity index is 2.17. The van der Waals surface area contributed by atoms with E-state index in [0.29, 0.717) is 18.6 Å². The summed E-state index contributed by atoms with van der Waals surface area (Å²) in [5.74, 6) is 0. The van der Waals surface area contributed by atoms with Crippen LogP contribution in [-0.2, 0) is 7.05 Å². The summed E-state index contributed by atoms with van der Waals surface area (Å²) in [7, 11) is 4.18. The molecule has 1 saturated carbocycles. The van der Waals surface area contributed by atoms with Crippen LogP contribution in [0.2, 0.25) is 0 Å². The van der Waals surface area contributed by atoms with E-state index in [1.807, 2.05) is 11.7 Å². The lowest BCUT2D eigenvalue weighted by molar-refractivity contribution is 0.179. The van der Waals surface area contributed by atoms with E-state index in [1.165, 1.54) is 31.2 Å². The maximum Gasteiger partial charge on any atom is 0.0641 e. The number of aromatic nitrogens is 2. The number of hydrogen-bond acceptors (Lipinski definition) is 3. The number of aryl methyl sites for hydroxylation is 2. The highest BCUT2D eigenvalue weighted by molar-refractivity contribution is 5.20. The summed E-state index contributed by atoms with van der Waals surface area (Å²) in [6, 6.07) is 1.01. The Bertz CT molecular complexity index is 365. The highest BCUT2D eigenvalue weighted by atomic mass is 15.3. The van der Waals surface area contributed by atoms with Crippen LogP contribution in [-0.4, -0.2) is 34.3 Å². The summed E-state index contributed by atoms with van der Waals surface area (Å²) in [4.78, 5) is 2.46. The van der Waals surface area contributed by atoms with Crippen LogP contribution in [0.3, 0.4) is 0 Å². The average molecular weight is 236 g/mol. The van der Waals surface area contributed by atoms with E-state index >= 15 is 0 Å². The zero-order valence-electron chi connectivity index (χ0n) is 11.2. The molecule has 0 saturated heterocycles. The van der Waals surface area contributed by atoms with E-state index in [-0.39, 0.29) is 0 Å². The van der Waals surface area contributed by atoms with Crippen LogP contribution in [0.15, 0.2) is 6.20 Å². The molecule has 0 aromatic carbocycles. The number of hydrogen-bond donors (Lipinski definition) is 1. The van der Waals surface area contributed by atoms with Crippen molar-refractivity contribution in [2.45, 2.75) is 44.7 Å². The van der Waals surface area contributed by atoms with Crippen molar-refractivity contribution in [2.24, 2.45) is 12.8 Å². The Morgan fingerprint density at radius 3 is 2.65 bits per heavy atom. The van der Waals surface area contributed by atoms with Gasteiger partial charge in [-0.2, -0.15) is 5.10 Å². The normalized spacial score (nSPS) is 19.1. The van der Waals surface area contributed by atoms with Crippen molar-refractivity contribution >= 4 is 0 Å². The van der Waals surface area contributed by atoms with E-state index in [2.05, 4.69) is 30.2 Å². The van der Waals surface area contributed by atoms with Gasteiger partial charge in [-0.05, 0) is 26.8 Å². The predicted octanol–water partition coefficient (Wildman–Crippen LogP) is 1.60. The number of likely N-dealkylation sites (N-methyl/N-ethyl adjacent to an activating group) is 1. The van der Waals surface area contributed by atoms with Crippen molar-refractivity contribution < 1.29 is 0 Å². The van der Waals surface area contributed by atoms with Crippen LogP contribution < -0.4 is 5.73 Å². The lowest BCUT2D eigenvalue weighted by Gasteiger charge is -2.32. The number of rotatable bonds is 4. The fourth-order valence-corrected chi connectivity index (χ4v) is 3.02. The van der Waals surface area contributed by atoms with Gasteiger partial charge in [-0.1, -0.05) is 12.8 Å². The van der Waals surface area contributed by atoms with Gasteiger partial charge in [-0.25, -0.2) is 0 Å². The van der Waals surface area contributed by atoms with E-state index in [0.717, 1.165) is 5.69 Å². The minimum Gasteiger partial charge on any atom is -0.329 e. The molecule has 0 bridgehead atoms. The molecule has 1 atom stereocenters. The van der Waals surface area contributed by atoms with Crippen molar-refractivity contribution in [1.82, 2.24) is 14.7 Å². The molecular formula is C13H24N4. The Labute approximate surface area is 104 Å². The lowest BCUT2D eigenvalue weighted by atomic mass is 10.0. The molecule has 0 spiro atoms. The van der Waals surface area contributed by atoms with Crippen molar-refractivity contribution in [1.29, 1.82) is 0 Å². The molecule has 1 aliphatic carbocycles. The fraction of sp³-hybridized carbons (Fsp3) is 0.769. The molecule has 1 aromatic rings. The Kier molecular flexibility index (Phi) is 3.84. The maximum absolute atomic E-state index is 5.97. The first-order valence-corrected chi connectivity index (χ1v) is 6.55. The molecule has 1 unspecified atom stereocenters. The van der Waals surface area contributed by atoms with Crippen LogP contribution in [0.5, 0.6) is 0 Å². The van der Waals surface area contributed by atoms with Gasteiger partial charge < -0.3 is 5.73 Å². The van der Waals surface area contributed by atoms with Crippen molar-refractivity contribution in [3.05, 3.63) is 17.5 Å². The first kappa shape index (κ1) is 12.6. The summed E-state index contributed by atoms with van der Waals surface area (Å²) >= 11 is 0. The topological polar surface area (TPSA) is 47.1 Å². The van der Waals surface area contributed by atoms with Crippen LogP contribution >= 0.6 is 0 Å². The molecule has 2 rings (SSSR count). The van der Waals surface area contributed by atoms with Crippen LogP contribution in [0.25, 0.3) is 0 Å². The molecule has 0 amide bonds. The van der Waals surface area contributed by atoms with Gasteiger partial charge in [0.05, 0.1) is 11.7 Å². The van der Waals surface area contributed by atoms with Crippen LogP contribution in [0.4, 0.5) is 0 Å². The SMILES string of the molecule is Cc1nn(C)cc1C(CN)N(C)C1CCCC1. The summed E-state index contributed by atoms with van der Waals surface area (Å²) in [6.07, 6.45) is 7.45. The molecule has 0 aliphatic heterocycles. The third-order valence-corrected chi connectivity index (χ3v) is 4.03. The second kappa shape index (κ2) is 5.19. The maximum atomic E-state index is 5.97. The summed E-state index contributed by atoms with van der Waals surface area (Å²) in [5, 5.41) is 4.42. The zero-order valence-corrected chi connectivity index (χ0v) is 11.2. The lowest BCUT2D eigenvalue weighted by Crippen LogP contribution is -2.37. The summed E-state index contributed by atoms with van der Waals surface area (Å²) in [5.41, 5.74) is 8.36. The van der Waals surface area contributed by atoms with Gasteiger partial charge in [0.15, 0.2) is 0 Å². The van der Waals surface area contributed by atoms with Crippen LogP contribution in [0.1, 0.15) is 43.0 Å². The second-order valence-corrected chi connectivity index (χ2v) is 5.20. The average Bonchev–Trinajstić information content (AvgIpc) is 2.90. The third kappa shape index (κ3) is 2.53. The number of nitrogens with zero attached hydrogens (tertiary/aromatic N) is 3. The van der Waals surface area contributed by atoms with Crippen LogP contribution in [0, 0.1) is 6.92 Å². The molecule has 4 heteroatoms. The summed E-state index contributed by atoms with van der Waals surface area (Å²) in [6.45, 7) is 2.74. The van der Waals surface area contributed by atoms with Crippen molar-refractivity contribution in [2.75, 3.05) is 13.6 Å². The van der Waals surface area contributed by atoms with Crippen molar-refractivity contribution in [3.63, 3.8) is 0 Å². The molecule has 2 N–H and O–H groups in total. The minimum atomic E-state index is 0.312. The molecule has 4 nitrogen and oxygen atoms in total. The highest BCUT2D eigenvalue weighted by Crippen LogP contribution is 2.30. The molecule has 1 heterocycles. The van der Waals surface area contributed by atoms with Gasteiger partial charge in [-0.15, -0.1) is 0 Å². The third-order valence-electron chi connectivity index (χ3n) is 4.03. The second-order valence-electron chi connectivity index (χ2n) is 5.20. The first-order chi connectivity index (χ1) is 8.13. The quantitative estimate of drug-likeness (QED) is 0.864. The van der Waals surface area contributed by atoms with Gasteiger partial charge in [0.1, 0.15) is 0 Å². The standard InChI is InChI=1S/C13H24N4/c1-10-12(9-16(2)15-10)13(8-14)17(3)11-6-4-5-7-11/h9,11,13H,4-8,14H2,1-3H3. The van der Waals surface area contributed by atoms with Gasteiger partial charge in [-0.3, -0.25) is 9.58 Å². The Morgan fingerprint density at radius 1 is 1.53 bits per heavy atom. The molecule has 1 fully saturated rings. The van der Waals surface area contributed by atoms with E-state index in [4.69, 9.17) is 5.73 Å². The fourth-order valence-electron chi connectivity index (χ4n) is 3.02. The van der Waals surface area contributed by atoms with Gasteiger partial charge >= 0.3 is 0 Å². The van der Waals surface area contributed by atoms with Gasteiger partial charge in [0.25, 0.3) is 0 Å².